The van der Waals surface area contributed by atoms with Crippen LogP contribution in [0.15, 0.2) is 17.8 Å². The van der Waals surface area contributed by atoms with Crippen LogP contribution in [0.5, 0.6) is 0 Å². The first kappa shape index (κ1) is 15.2. The van der Waals surface area contributed by atoms with E-state index in [4.69, 9.17) is 0 Å². The van der Waals surface area contributed by atoms with E-state index in [2.05, 4.69) is 32.5 Å². The average molecular weight is 318 g/mol. The first-order valence-electron chi connectivity index (χ1n) is 8.00. The number of carbonyl (C=O) groups excluding carboxylic acids is 1. The molecule has 3 rings (SSSR count). The average Bonchev–Trinajstić information content (AvgIpc) is 3.04. The number of rotatable bonds is 5. The molecule has 6 heteroatoms. The van der Waals surface area contributed by atoms with Crippen LogP contribution in [0.25, 0.3) is 10.2 Å². The minimum absolute atomic E-state index is 0.147. The summed E-state index contributed by atoms with van der Waals surface area (Å²) < 4.78 is 1.15. The van der Waals surface area contributed by atoms with E-state index in [1.807, 2.05) is 6.07 Å². The zero-order chi connectivity index (χ0) is 15.4. The lowest BCUT2D eigenvalue weighted by atomic mass is 9.96. The number of piperidine rings is 1. The fourth-order valence-electron chi connectivity index (χ4n) is 2.89. The summed E-state index contributed by atoms with van der Waals surface area (Å²) in [5.74, 6) is 1.38. The third-order valence-corrected chi connectivity index (χ3v) is 5.12. The van der Waals surface area contributed by atoms with Crippen molar-refractivity contribution in [2.75, 3.05) is 24.5 Å². The maximum absolute atomic E-state index is 12.1. The number of nitrogens with zero attached hydrogens (tertiary/aromatic N) is 3. The Bertz CT molecular complexity index is 634. The summed E-state index contributed by atoms with van der Waals surface area (Å²) in [4.78, 5) is 23.2. The summed E-state index contributed by atoms with van der Waals surface area (Å²) >= 11 is 1.68. The lowest BCUT2D eigenvalue weighted by molar-refractivity contribution is -0.125. The molecule has 1 saturated heterocycles. The van der Waals surface area contributed by atoms with Gasteiger partial charge in [0.25, 0.3) is 0 Å². The van der Waals surface area contributed by atoms with E-state index >= 15 is 0 Å². The summed E-state index contributed by atoms with van der Waals surface area (Å²) in [6, 6.07) is 2.03. The molecule has 3 heterocycles. The second kappa shape index (κ2) is 7.05. The van der Waals surface area contributed by atoms with Crippen molar-refractivity contribution in [1.82, 2.24) is 15.3 Å². The molecule has 1 aliphatic rings. The fourth-order valence-corrected chi connectivity index (χ4v) is 3.75. The smallest absolute Gasteiger partial charge is 0.223 e. The second-order valence-electron chi connectivity index (χ2n) is 5.74. The van der Waals surface area contributed by atoms with Crippen LogP contribution in [0.3, 0.4) is 0 Å². The summed E-state index contributed by atoms with van der Waals surface area (Å²) in [5, 5.41) is 5.10. The Labute approximate surface area is 134 Å². The maximum Gasteiger partial charge on any atom is 0.223 e. The molecule has 0 radical (unpaired) electrons. The van der Waals surface area contributed by atoms with Gasteiger partial charge in [0.1, 0.15) is 12.1 Å². The van der Waals surface area contributed by atoms with Crippen LogP contribution < -0.4 is 10.2 Å². The van der Waals surface area contributed by atoms with Crippen LogP contribution in [0.1, 0.15) is 32.6 Å². The van der Waals surface area contributed by atoms with E-state index in [1.54, 1.807) is 17.7 Å². The summed E-state index contributed by atoms with van der Waals surface area (Å²) in [6.45, 7) is 4.71. The lowest BCUT2D eigenvalue weighted by Crippen LogP contribution is -2.41. The minimum atomic E-state index is 0.147. The number of anilines is 1. The molecule has 5 nitrogen and oxygen atoms in total. The Morgan fingerprint density at radius 2 is 2.23 bits per heavy atom. The molecule has 22 heavy (non-hydrogen) atoms. The molecule has 0 bridgehead atoms. The van der Waals surface area contributed by atoms with Gasteiger partial charge in [0, 0.05) is 25.6 Å². The number of amides is 1. The molecule has 2 aromatic rings. The highest BCUT2D eigenvalue weighted by atomic mass is 32.1. The molecular weight excluding hydrogens is 296 g/mol. The van der Waals surface area contributed by atoms with E-state index in [0.29, 0.717) is 0 Å². The number of nitrogens with one attached hydrogen (secondary N) is 1. The van der Waals surface area contributed by atoms with Crippen molar-refractivity contribution in [3.05, 3.63) is 17.8 Å². The highest BCUT2D eigenvalue weighted by Gasteiger charge is 2.26. The predicted molar refractivity (Wildman–Crippen MR) is 90.3 cm³/mol. The van der Waals surface area contributed by atoms with E-state index < -0.39 is 0 Å². The fraction of sp³-hybridized carbons (Fsp3) is 0.562. The topological polar surface area (TPSA) is 58.1 Å². The molecule has 118 valence electrons. The van der Waals surface area contributed by atoms with E-state index in [0.717, 1.165) is 61.4 Å². The molecule has 1 fully saturated rings. The molecule has 1 amide bonds. The van der Waals surface area contributed by atoms with Crippen LogP contribution in [-0.4, -0.2) is 35.5 Å². The van der Waals surface area contributed by atoms with Gasteiger partial charge in [-0.1, -0.05) is 13.3 Å². The SMILES string of the molecule is CCCCNC(=O)C1CCN(c2ncnc3ccsc23)CC1. The van der Waals surface area contributed by atoms with Crippen molar-refractivity contribution in [3.8, 4) is 0 Å². The maximum atomic E-state index is 12.1. The van der Waals surface area contributed by atoms with Gasteiger partial charge in [-0.25, -0.2) is 9.97 Å². The quantitative estimate of drug-likeness (QED) is 0.861. The van der Waals surface area contributed by atoms with Gasteiger partial charge in [-0.2, -0.15) is 0 Å². The van der Waals surface area contributed by atoms with E-state index in [9.17, 15) is 4.79 Å². The number of hydrogen-bond acceptors (Lipinski definition) is 5. The Kier molecular flexibility index (Phi) is 4.87. The molecule has 2 aromatic heterocycles. The van der Waals surface area contributed by atoms with Crippen molar-refractivity contribution >= 4 is 33.3 Å². The first-order valence-corrected chi connectivity index (χ1v) is 8.88. The standard InChI is InChI=1S/C16H22N4OS/c1-2-3-7-17-16(21)12-4-8-20(9-5-12)15-14-13(6-10-22-14)18-11-19-15/h6,10-12H,2-5,7-9H2,1H3,(H,17,21). The van der Waals surface area contributed by atoms with Crippen LogP contribution >= 0.6 is 11.3 Å². The Hall–Kier alpha value is -1.69. The zero-order valence-corrected chi connectivity index (χ0v) is 13.7. The molecule has 1 N–H and O–H groups in total. The normalized spacial score (nSPS) is 16.1. The largest absolute Gasteiger partial charge is 0.356 e. The Morgan fingerprint density at radius 3 is 3.00 bits per heavy atom. The van der Waals surface area contributed by atoms with Crippen LogP contribution in [-0.2, 0) is 4.79 Å². The molecule has 1 aliphatic heterocycles. The van der Waals surface area contributed by atoms with Crippen molar-refractivity contribution < 1.29 is 4.79 Å². The number of carbonyl (C=O) groups is 1. The lowest BCUT2D eigenvalue weighted by Gasteiger charge is -2.32. The van der Waals surface area contributed by atoms with Gasteiger partial charge >= 0.3 is 0 Å². The first-order chi connectivity index (χ1) is 10.8. The Balaban J connectivity index is 1.60. The monoisotopic (exact) mass is 318 g/mol. The van der Waals surface area contributed by atoms with Crippen molar-refractivity contribution in [1.29, 1.82) is 0 Å². The van der Waals surface area contributed by atoms with Gasteiger partial charge in [-0.15, -0.1) is 11.3 Å². The third-order valence-electron chi connectivity index (χ3n) is 4.22. The van der Waals surface area contributed by atoms with Crippen LogP contribution in [0, 0.1) is 5.92 Å². The van der Waals surface area contributed by atoms with Gasteiger partial charge in [0.15, 0.2) is 0 Å². The number of fused-ring (bicyclic) bond motifs is 1. The molecule has 0 saturated carbocycles. The van der Waals surface area contributed by atoms with Gasteiger partial charge in [0.05, 0.1) is 10.2 Å². The second-order valence-corrected chi connectivity index (χ2v) is 6.65. The molecule has 0 aliphatic carbocycles. The number of hydrogen-bond donors (Lipinski definition) is 1. The highest BCUT2D eigenvalue weighted by Crippen LogP contribution is 2.30. The summed E-state index contributed by atoms with van der Waals surface area (Å²) in [6.07, 6.45) is 5.60. The molecule has 0 atom stereocenters. The molecule has 0 aromatic carbocycles. The number of unbranched alkanes of at least 4 members (excludes halogenated alkanes) is 1. The molecular formula is C16H22N4OS. The van der Waals surface area contributed by atoms with Gasteiger partial charge in [0.2, 0.25) is 5.91 Å². The predicted octanol–water partition coefficient (Wildman–Crippen LogP) is 2.82. The molecule has 0 spiro atoms. The summed E-state index contributed by atoms with van der Waals surface area (Å²) in [5.41, 5.74) is 1.01. The number of thiophene rings is 1. The van der Waals surface area contributed by atoms with E-state index in [1.165, 1.54) is 0 Å². The summed E-state index contributed by atoms with van der Waals surface area (Å²) in [7, 11) is 0. The van der Waals surface area contributed by atoms with Crippen molar-refractivity contribution in [2.45, 2.75) is 32.6 Å². The van der Waals surface area contributed by atoms with E-state index in [-0.39, 0.29) is 11.8 Å². The zero-order valence-electron chi connectivity index (χ0n) is 12.9. The third kappa shape index (κ3) is 3.21. The van der Waals surface area contributed by atoms with Crippen molar-refractivity contribution in [2.24, 2.45) is 5.92 Å². The van der Waals surface area contributed by atoms with Gasteiger partial charge in [-0.3, -0.25) is 4.79 Å². The van der Waals surface area contributed by atoms with Crippen molar-refractivity contribution in [3.63, 3.8) is 0 Å². The van der Waals surface area contributed by atoms with Crippen LogP contribution in [0.2, 0.25) is 0 Å². The molecule has 0 unspecified atom stereocenters. The van der Waals surface area contributed by atoms with Gasteiger partial charge < -0.3 is 10.2 Å². The minimum Gasteiger partial charge on any atom is -0.356 e. The van der Waals surface area contributed by atoms with Crippen LogP contribution in [0.4, 0.5) is 5.82 Å². The highest BCUT2D eigenvalue weighted by molar-refractivity contribution is 7.17. The Morgan fingerprint density at radius 1 is 1.41 bits per heavy atom. The number of aromatic nitrogens is 2. The van der Waals surface area contributed by atoms with Gasteiger partial charge in [-0.05, 0) is 30.7 Å².